The maximum Gasteiger partial charge on any atom is 0.264 e. The van der Waals surface area contributed by atoms with E-state index in [1.807, 2.05) is 60.8 Å². The molecule has 1 fully saturated rings. The number of nitrogens with zero attached hydrogens (tertiary/aromatic N) is 2. The molecule has 25 heavy (non-hydrogen) atoms. The molecule has 3 rings (SSSR count). The summed E-state index contributed by atoms with van der Waals surface area (Å²) in [6.45, 7) is 1.12. The predicted octanol–water partition coefficient (Wildman–Crippen LogP) is 2.74. The minimum absolute atomic E-state index is 0.0389. The Morgan fingerprint density at radius 3 is 2.64 bits per heavy atom. The van der Waals surface area contributed by atoms with Crippen molar-refractivity contribution in [1.82, 2.24) is 10.2 Å². The highest BCUT2D eigenvalue weighted by Gasteiger charge is 2.34. The van der Waals surface area contributed by atoms with Gasteiger partial charge in [-0.05, 0) is 42.0 Å². The zero-order valence-electron chi connectivity index (χ0n) is 14.6. The zero-order valence-corrected chi connectivity index (χ0v) is 15.4. The molecule has 0 aliphatic carbocycles. The van der Waals surface area contributed by atoms with E-state index in [0.717, 1.165) is 24.1 Å². The molecule has 2 aromatic rings. The average molecular weight is 357 g/mol. The minimum Gasteiger partial charge on any atom is -0.378 e. The van der Waals surface area contributed by atoms with Gasteiger partial charge in [0.15, 0.2) is 0 Å². The lowest BCUT2D eigenvalue weighted by atomic mass is 10.1. The van der Waals surface area contributed by atoms with E-state index < -0.39 is 0 Å². The number of amides is 2. The molecule has 0 spiro atoms. The van der Waals surface area contributed by atoms with Gasteiger partial charge in [-0.25, -0.2) is 0 Å². The van der Waals surface area contributed by atoms with Gasteiger partial charge in [0.05, 0.1) is 4.88 Å². The lowest BCUT2D eigenvalue weighted by Crippen LogP contribution is -2.45. The number of hydrogen-bond acceptors (Lipinski definition) is 4. The van der Waals surface area contributed by atoms with E-state index in [2.05, 4.69) is 5.32 Å². The van der Waals surface area contributed by atoms with Crippen LogP contribution in [0.4, 0.5) is 5.69 Å². The van der Waals surface area contributed by atoms with Crippen molar-refractivity contribution in [2.24, 2.45) is 0 Å². The molecule has 0 saturated carbocycles. The third-order valence-electron chi connectivity index (χ3n) is 4.47. The molecule has 0 radical (unpaired) electrons. The quantitative estimate of drug-likeness (QED) is 0.895. The van der Waals surface area contributed by atoms with Crippen LogP contribution in [-0.4, -0.2) is 43.4 Å². The highest BCUT2D eigenvalue weighted by molar-refractivity contribution is 7.12. The maximum absolute atomic E-state index is 12.6. The van der Waals surface area contributed by atoms with Crippen LogP contribution in [0.2, 0.25) is 0 Å². The summed E-state index contributed by atoms with van der Waals surface area (Å²) < 4.78 is 0. The maximum atomic E-state index is 12.6. The normalized spacial score (nSPS) is 16.7. The largest absolute Gasteiger partial charge is 0.378 e. The van der Waals surface area contributed by atoms with Crippen LogP contribution in [0.15, 0.2) is 41.8 Å². The molecule has 1 atom stereocenters. The molecule has 0 unspecified atom stereocenters. The number of carbonyl (C=O) groups is 2. The van der Waals surface area contributed by atoms with Crippen molar-refractivity contribution in [3.05, 3.63) is 52.2 Å². The highest BCUT2D eigenvalue weighted by atomic mass is 32.1. The van der Waals surface area contributed by atoms with Gasteiger partial charge in [-0.3, -0.25) is 9.59 Å². The summed E-state index contributed by atoms with van der Waals surface area (Å²) in [6, 6.07) is 11.4. The summed E-state index contributed by atoms with van der Waals surface area (Å²) in [5.41, 5.74) is 2.17. The molecule has 1 N–H and O–H groups in total. The Bertz CT molecular complexity index is 726. The van der Waals surface area contributed by atoms with Crippen LogP contribution in [0.5, 0.6) is 0 Å². The summed E-state index contributed by atoms with van der Waals surface area (Å²) in [4.78, 5) is 29.6. The van der Waals surface area contributed by atoms with Gasteiger partial charge in [0.1, 0.15) is 6.04 Å². The Kier molecular flexibility index (Phi) is 5.38. The van der Waals surface area contributed by atoms with Gasteiger partial charge in [-0.2, -0.15) is 0 Å². The molecular weight excluding hydrogens is 334 g/mol. The Labute approximate surface area is 152 Å². The molecule has 0 bridgehead atoms. The SMILES string of the molecule is CN(C)c1ccc(CNC(=O)[C@@H]2CCCN2C(=O)c2cccs2)cc1. The van der Waals surface area contributed by atoms with Gasteiger partial charge in [0.2, 0.25) is 5.91 Å². The molecule has 132 valence electrons. The molecule has 6 heteroatoms. The third kappa shape index (κ3) is 4.02. The minimum atomic E-state index is -0.365. The number of benzene rings is 1. The van der Waals surface area contributed by atoms with Gasteiger partial charge in [-0.1, -0.05) is 18.2 Å². The fourth-order valence-electron chi connectivity index (χ4n) is 3.04. The van der Waals surface area contributed by atoms with E-state index in [0.29, 0.717) is 18.0 Å². The van der Waals surface area contributed by atoms with Gasteiger partial charge in [0.25, 0.3) is 5.91 Å². The zero-order chi connectivity index (χ0) is 17.8. The second-order valence-electron chi connectivity index (χ2n) is 6.41. The van der Waals surface area contributed by atoms with Crippen molar-refractivity contribution in [3.8, 4) is 0 Å². The van der Waals surface area contributed by atoms with Gasteiger partial charge in [0, 0.05) is 32.9 Å². The number of hydrogen-bond donors (Lipinski definition) is 1. The number of carbonyl (C=O) groups excluding carboxylic acids is 2. The van der Waals surface area contributed by atoms with E-state index in [-0.39, 0.29) is 17.9 Å². The van der Waals surface area contributed by atoms with Crippen molar-refractivity contribution in [2.75, 3.05) is 25.5 Å². The van der Waals surface area contributed by atoms with Crippen molar-refractivity contribution in [2.45, 2.75) is 25.4 Å². The Hall–Kier alpha value is -2.34. The van der Waals surface area contributed by atoms with Crippen molar-refractivity contribution in [3.63, 3.8) is 0 Å². The average Bonchev–Trinajstić information content (AvgIpc) is 3.30. The first-order chi connectivity index (χ1) is 12.1. The molecule has 2 amide bonds. The molecule has 1 aromatic carbocycles. The summed E-state index contributed by atoms with van der Waals surface area (Å²) in [5, 5.41) is 4.86. The van der Waals surface area contributed by atoms with E-state index in [4.69, 9.17) is 0 Å². The summed E-state index contributed by atoms with van der Waals surface area (Å²) in [6.07, 6.45) is 1.59. The second-order valence-corrected chi connectivity index (χ2v) is 7.36. The van der Waals surface area contributed by atoms with Crippen LogP contribution in [0.1, 0.15) is 28.1 Å². The summed E-state index contributed by atoms with van der Waals surface area (Å²) >= 11 is 1.42. The highest BCUT2D eigenvalue weighted by Crippen LogP contribution is 2.22. The van der Waals surface area contributed by atoms with Crippen LogP contribution < -0.4 is 10.2 Å². The molecule has 1 saturated heterocycles. The molecule has 2 heterocycles. The number of thiophene rings is 1. The fraction of sp³-hybridized carbons (Fsp3) is 0.368. The van der Waals surface area contributed by atoms with E-state index in [1.54, 1.807) is 4.90 Å². The Balaban J connectivity index is 1.59. The lowest BCUT2D eigenvalue weighted by molar-refractivity contribution is -0.125. The molecule has 1 aromatic heterocycles. The first kappa shape index (κ1) is 17.5. The van der Waals surface area contributed by atoms with Gasteiger partial charge < -0.3 is 15.1 Å². The summed E-state index contributed by atoms with van der Waals surface area (Å²) in [5.74, 6) is -0.109. The number of nitrogens with one attached hydrogen (secondary N) is 1. The second kappa shape index (κ2) is 7.70. The number of likely N-dealkylation sites (tertiary alicyclic amines) is 1. The molecular formula is C19H23N3O2S. The monoisotopic (exact) mass is 357 g/mol. The third-order valence-corrected chi connectivity index (χ3v) is 5.33. The van der Waals surface area contributed by atoms with Crippen LogP contribution in [0, 0.1) is 0 Å². The first-order valence-electron chi connectivity index (χ1n) is 8.44. The Morgan fingerprint density at radius 1 is 1.24 bits per heavy atom. The first-order valence-corrected chi connectivity index (χ1v) is 9.32. The van der Waals surface area contributed by atoms with E-state index >= 15 is 0 Å². The van der Waals surface area contributed by atoms with Crippen LogP contribution in [0.25, 0.3) is 0 Å². The number of anilines is 1. The van der Waals surface area contributed by atoms with Gasteiger partial charge >= 0.3 is 0 Å². The van der Waals surface area contributed by atoms with Crippen LogP contribution in [-0.2, 0) is 11.3 Å². The Morgan fingerprint density at radius 2 is 2.00 bits per heavy atom. The summed E-state index contributed by atoms with van der Waals surface area (Å²) in [7, 11) is 3.99. The fourth-order valence-corrected chi connectivity index (χ4v) is 3.72. The van der Waals surface area contributed by atoms with Crippen molar-refractivity contribution >= 4 is 28.8 Å². The lowest BCUT2D eigenvalue weighted by Gasteiger charge is -2.23. The van der Waals surface area contributed by atoms with E-state index in [9.17, 15) is 9.59 Å². The van der Waals surface area contributed by atoms with Crippen molar-refractivity contribution in [1.29, 1.82) is 0 Å². The van der Waals surface area contributed by atoms with Crippen molar-refractivity contribution < 1.29 is 9.59 Å². The van der Waals surface area contributed by atoms with Crippen LogP contribution in [0.3, 0.4) is 0 Å². The van der Waals surface area contributed by atoms with E-state index in [1.165, 1.54) is 11.3 Å². The smallest absolute Gasteiger partial charge is 0.264 e. The van der Waals surface area contributed by atoms with Gasteiger partial charge in [-0.15, -0.1) is 11.3 Å². The predicted molar refractivity (Wildman–Crippen MR) is 101 cm³/mol. The topological polar surface area (TPSA) is 52.7 Å². The molecule has 5 nitrogen and oxygen atoms in total. The van der Waals surface area contributed by atoms with Crippen LogP contribution >= 0.6 is 11.3 Å². The standard InChI is InChI=1S/C19H23N3O2S/c1-21(2)15-9-7-14(8-10-15)13-20-18(23)16-5-3-11-22(16)19(24)17-6-4-12-25-17/h4,6-10,12,16H,3,5,11,13H2,1-2H3,(H,20,23)/t16-/m0/s1. The molecule has 1 aliphatic heterocycles. The number of rotatable bonds is 5. The molecule has 1 aliphatic rings.